The third kappa shape index (κ3) is 1.78. The normalized spacial score (nSPS) is 10.8. The monoisotopic (exact) mass is 269 g/mol. The van der Waals surface area contributed by atoms with Gasteiger partial charge in [0.05, 0.1) is 0 Å². The molecule has 4 rings (SSSR count). The first-order valence-electron chi connectivity index (χ1n) is 6.73. The molecule has 0 unspecified atom stereocenters. The number of imidazole rings is 1. The summed E-state index contributed by atoms with van der Waals surface area (Å²) in [6.45, 7) is 0. The highest BCUT2D eigenvalue weighted by atomic mass is 15.0. The van der Waals surface area contributed by atoms with E-state index >= 15 is 0 Å². The SMILES string of the molecule is N#Cc1c(-c2ccc3ccccc3c2)nc2ccccn12. The molecule has 21 heavy (non-hydrogen) atoms. The molecule has 0 atom stereocenters. The van der Waals surface area contributed by atoms with Crippen LogP contribution in [0.4, 0.5) is 0 Å². The Morgan fingerprint density at radius 2 is 1.71 bits per heavy atom. The molecule has 2 heterocycles. The van der Waals surface area contributed by atoms with Crippen molar-refractivity contribution in [3.05, 3.63) is 72.6 Å². The smallest absolute Gasteiger partial charge is 0.152 e. The second kappa shape index (κ2) is 4.46. The first-order chi connectivity index (χ1) is 10.4. The molecule has 98 valence electrons. The first-order valence-corrected chi connectivity index (χ1v) is 6.73. The third-order valence-corrected chi connectivity index (χ3v) is 3.66. The lowest BCUT2D eigenvalue weighted by Gasteiger charge is -2.01. The molecule has 0 radical (unpaired) electrons. The molecule has 2 aromatic carbocycles. The number of fused-ring (bicyclic) bond motifs is 2. The minimum Gasteiger partial charge on any atom is -0.291 e. The largest absolute Gasteiger partial charge is 0.291 e. The second-order valence-corrected chi connectivity index (χ2v) is 4.91. The Morgan fingerprint density at radius 3 is 2.57 bits per heavy atom. The van der Waals surface area contributed by atoms with Gasteiger partial charge in [-0.15, -0.1) is 0 Å². The van der Waals surface area contributed by atoms with Gasteiger partial charge in [-0.25, -0.2) is 4.98 Å². The zero-order valence-corrected chi connectivity index (χ0v) is 11.2. The summed E-state index contributed by atoms with van der Waals surface area (Å²) in [4.78, 5) is 4.60. The van der Waals surface area contributed by atoms with Gasteiger partial charge in [-0.1, -0.05) is 42.5 Å². The van der Waals surface area contributed by atoms with Crippen molar-refractivity contribution in [1.82, 2.24) is 9.38 Å². The molecule has 0 fully saturated rings. The van der Waals surface area contributed by atoms with Gasteiger partial charge in [0.15, 0.2) is 5.69 Å². The number of pyridine rings is 1. The molecule has 3 nitrogen and oxygen atoms in total. The molecule has 4 aromatic rings. The van der Waals surface area contributed by atoms with Crippen LogP contribution in [0.2, 0.25) is 0 Å². The zero-order chi connectivity index (χ0) is 14.2. The summed E-state index contributed by atoms with van der Waals surface area (Å²) in [6, 6.07) is 22.3. The Morgan fingerprint density at radius 1 is 0.905 bits per heavy atom. The van der Waals surface area contributed by atoms with Crippen molar-refractivity contribution in [3.63, 3.8) is 0 Å². The number of nitriles is 1. The molecule has 0 spiro atoms. The molecular formula is C18H11N3. The molecule has 2 aromatic heterocycles. The maximum Gasteiger partial charge on any atom is 0.152 e. The standard InChI is InChI=1S/C18H11N3/c19-12-16-18(20-17-7-3-4-10-21(16)17)15-9-8-13-5-1-2-6-14(13)11-15/h1-11H. The van der Waals surface area contributed by atoms with Crippen LogP contribution in [-0.4, -0.2) is 9.38 Å². The van der Waals surface area contributed by atoms with Crippen molar-refractivity contribution in [2.45, 2.75) is 0 Å². The van der Waals surface area contributed by atoms with E-state index in [1.54, 1.807) is 0 Å². The van der Waals surface area contributed by atoms with Crippen molar-refractivity contribution < 1.29 is 0 Å². The number of benzene rings is 2. The Hall–Kier alpha value is -3.12. The van der Waals surface area contributed by atoms with Crippen LogP contribution in [-0.2, 0) is 0 Å². The third-order valence-electron chi connectivity index (χ3n) is 3.66. The van der Waals surface area contributed by atoms with Gasteiger partial charge < -0.3 is 0 Å². The van der Waals surface area contributed by atoms with Gasteiger partial charge >= 0.3 is 0 Å². The van der Waals surface area contributed by atoms with E-state index in [1.807, 2.05) is 47.0 Å². The molecule has 0 aliphatic heterocycles. The molecule has 0 bridgehead atoms. The maximum absolute atomic E-state index is 9.47. The van der Waals surface area contributed by atoms with E-state index in [9.17, 15) is 5.26 Å². The van der Waals surface area contributed by atoms with Crippen LogP contribution < -0.4 is 0 Å². The van der Waals surface area contributed by atoms with Crippen LogP contribution in [0, 0.1) is 11.3 Å². The van der Waals surface area contributed by atoms with E-state index in [1.165, 1.54) is 5.39 Å². The average molecular weight is 269 g/mol. The molecule has 0 aliphatic rings. The lowest BCUT2D eigenvalue weighted by Crippen LogP contribution is -1.88. The predicted molar refractivity (Wildman–Crippen MR) is 82.8 cm³/mol. The van der Waals surface area contributed by atoms with Gasteiger partial charge in [-0.2, -0.15) is 5.26 Å². The molecule has 0 saturated carbocycles. The summed E-state index contributed by atoms with van der Waals surface area (Å²) in [6.07, 6.45) is 1.87. The maximum atomic E-state index is 9.47. The summed E-state index contributed by atoms with van der Waals surface area (Å²) < 4.78 is 1.82. The van der Waals surface area contributed by atoms with Crippen LogP contribution in [0.5, 0.6) is 0 Å². The average Bonchev–Trinajstić information content (AvgIpc) is 2.93. The fourth-order valence-electron chi connectivity index (χ4n) is 2.64. The number of aromatic nitrogens is 2. The van der Waals surface area contributed by atoms with E-state index < -0.39 is 0 Å². The van der Waals surface area contributed by atoms with E-state index in [-0.39, 0.29) is 0 Å². The summed E-state index contributed by atoms with van der Waals surface area (Å²) in [7, 11) is 0. The van der Waals surface area contributed by atoms with Crippen LogP contribution in [0.15, 0.2) is 66.9 Å². The Kier molecular flexibility index (Phi) is 2.48. The van der Waals surface area contributed by atoms with Crippen molar-refractivity contribution >= 4 is 16.4 Å². The van der Waals surface area contributed by atoms with Crippen LogP contribution in [0.25, 0.3) is 27.7 Å². The lowest BCUT2D eigenvalue weighted by atomic mass is 10.0. The summed E-state index contributed by atoms with van der Waals surface area (Å²) in [5, 5.41) is 11.8. The molecule has 0 aliphatic carbocycles. The second-order valence-electron chi connectivity index (χ2n) is 4.91. The number of hydrogen-bond acceptors (Lipinski definition) is 2. The fourth-order valence-corrected chi connectivity index (χ4v) is 2.64. The number of rotatable bonds is 1. The van der Waals surface area contributed by atoms with Crippen molar-refractivity contribution in [3.8, 4) is 17.3 Å². The minimum absolute atomic E-state index is 0.570. The van der Waals surface area contributed by atoms with Gasteiger partial charge in [0.2, 0.25) is 0 Å². The van der Waals surface area contributed by atoms with Crippen LogP contribution in [0.1, 0.15) is 5.69 Å². The molecule has 0 saturated heterocycles. The summed E-state index contributed by atoms with van der Waals surface area (Å²) in [5.74, 6) is 0. The lowest BCUT2D eigenvalue weighted by molar-refractivity contribution is 1.15. The highest BCUT2D eigenvalue weighted by molar-refractivity contribution is 5.87. The fraction of sp³-hybridized carbons (Fsp3) is 0. The van der Waals surface area contributed by atoms with Gasteiger partial charge in [0, 0.05) is 11.8 Å². The molecule has 0 N–H and O–H groups in total. The van der Waals surface area contributed by atoms with E-state index in [0.717, 1.165) is 22.3 Å². The zero-order valence-electron chi connectivity index (χ0n) is 11.2. The van der Waals surface area contributed by atoms with Gasteiger partial charge in [0.25, 0.3) is 0 Å². The first kappa shape index (κ1) is 11.7. The molecule has 0 amide bonds. The molecular weight excluding hydrogens is 258 g/mol. The van der Waals surface area contributed by atoms with Gasteiger partial charge in [-0.3, -0.25) is 4.40 Å². The summed E-state index contributed by atoms with van der Waals surface area (Å²) >= 11 is 0. The Bertz CT molecular complexity index is 1010. The van der Waals surface area contributed by atoms with Crippen molar-refractivity contribution in [2.24, 2.45) is 0 Å². The number of nitrogens with zero attached hydrogens (tertiary/aromatic N) is 3. The van der Waals surface area contributed by atoms with E-state index in [0.29, 0.717) is 5.69 Å². The minimum atomic E-state index is 0.570. The van der Waals surface area contributed by atoms with Gasteiger partial charge in [0.1, 0.15) is 17.4 Å². The van der Waals surface area contributed by atoms with E-state index in [2.05, 4.69) is 35.3 Å². The highest BCUT2D eigenvalue weighted by Gasteiger charge is 2.13. The topological polar surface area (TPSA) is 41.1 Å². The summed E-state index contributed by atoms with van der Waals surface area (Å²) in [5.41, 5.74) is 3.06. The van der Waals surface area contributed by atoms with E-state index in [4.69, 9.17) is 0 Å². The quantitative estimate of drug-likeness (QED) is 0.523. The van der Waals surface area contributed by atoms with Crippen LogP contribution in [0.3, 0.4) is 0 Å². The van der Waals surface area contributed by atoms with Gasteiger partial charge in [-0.05, 0) is 29.0 Å². The predicted octanol–water partition coefficient (Wildman–Crippen LogP) is 4.03. The van der Waals surface area contributed by atoms with Crippen molar-refractivity contribution in [2.75, 3.05) is 0 Å². The molecule has 3 heteroatoms. The highest BCUT2D eigenvalue weighted by Crippen LogP contribution is 2.27. The Labute approximate surface area is 121 Å². The van der Waals surface area contributed by atoms with Crippen LogP contribution >= 0.6 is 0 Å². The van der Waals surface area contributed by atoms with Crippen molar-refractivity contribution in [1.29, 1.82) is 5.26 Å². The Balaban J connectivity index is 2.02. The number of hydrogen-bond donors (Lipinski definition) is 0.